The second-order valence-corrected chi connectivity index (χ2v) is 26.6. The minimum absolute atomic E-state index is 0.000783. The molecule has 1 aliphatic rings. The Hall–Kier alpha value is -9.44. The number of anilines is 2. The number of nitrogens with one attached hydrogen (secondary N) is 8. The standard InChI is InChI=1S/C68H88N12O19S2/c1-3-51(62(90)72-25-29-97-31-33-99-66(94)50(18-21-54(85)86)76-61(89)43-12-6-41(7-13-43)9-15-45-36-74-58-56(45)64(92)80-68(70)78-58)100-37-46-16-19-52(46)101-38-47(34-48(82)23-27-95-26-22-39(2)81)59(87)71-24-28-96-30-32-98-65(93)49(17-20-53(83)84)75-60(88)42-10-4-40(5-11-42)8-14-44-35-73-57-55(44)63(91)79-67(69)77-57/h4-7,10-13,35-36,46-47,49-52H,3,8-9,14-34,37-38H2,1-2H3,(H,71,87)(H,72,90)(H,75,88)(H,76,89)(H,83,84)(H,85,86)(H4,69,73,77,79,91)(H4,70,74,78,80,92)/t46?,47?,49-,50-,51?,52?/m1/s1. The van der Waals surface area contributed by atoms with Crippen molar-refractivity contribution in [2.45, 2.75) is 126 Å². The minimum atomic E-state index is -1.29. The molecule has 31 nitrogen and oxygen atoms in total. The number of aliphatic carboxylic acids is 2. The fourth-order valence-electron chi connectivity index (χ4n) is 10.8. The molecule has 4 heterocycles. The molecule has 0 bridgehead atoms. The molecule has 0 aliphatic heterocycles. The normalized spacial score (nSPS) is 14.6. The van der Waals surface area contributed by atoms with Gasteiger partial charge in [0, 0.05) is 79.7 Å². The predicted octanol–water partition coefficient (Wildman–Crippen LogP) is 3.51. The molecule has 7 rings (SSSR count). The number of nitrogens with zero attached hydrogens (tertiary/aromatic N) is 2. The van der Waals surface area contributed by atoms with E-state index >= 15 is 0 Å². The van der Waals surface area contributed by atoms with E-state index < -0.39 is 66.5 Å². The Morgan fingerprint density at radius 1 is 0.604 bits per heavy atom. The zero-order valence-electron chi connectivity index (χ0n) is 56.3. The number of carbonyl (C=O) groups is 10. The molecule has 14 N–H and O–H groups in total. The first-order chi connectivity index (χ1) is 48.5. The number of aromatic nitrogens is 6. The van der Waals surface area contributed by atoms with Gasteiger partial charge in [-0.2, -0.15) is 21.7 Å². The number of Topliss-reactive ketones (excluding diaryl/α,β-unsaturated/α-hetero) is 2. The number of thioether (sulfide) groups is 2. The number of ether oxygens (including phenoxy) is 5. The van der Waals surface area contributed by atoms with Crippen LogP contribution in [0.25, 0.3) is 22.1 Å². The summed E-state index contributed by atoms with van der Waals surface area (Å²) in [7, 11) is 0. The van der Waals surface area contributed by atoms with E-state index in [9.17, 15) is 67.7 Å². The van der Waals surface area contributed by atoms with Crippen molar-refractivity contribution in [3.8, 4) is 0 Å². The first kappa shape index (κ1) is 78.9. The number of carboxylic acid groups (broad SMARTS) is 2. The lowest BCUT2D eigenvalue weighted by molar-refractivity contribution is -0.149. The number of fused-ring (bicyclic) bond motifs is 2. The zero-order chi connectivity index (χ0) is 72.8. The lowest BCUT2D eigenvalue weighted by atomic mass is 9.86. The molecule has 6 aromatic rings. The molecule has 0 saturated heterocycles. The molecule has 33 heteroatoms. The van der Waals surface area contributed by atoms with Crippen molar-refractivity contribution < 1.29 is 81.8 Å². The van der Waals surface area contributed by atoms with Crippen LogP contribution in [0, 0.1) is 11.8 Å². The highest BCUT2D eigenvalue weighted by molar-refractivity contribution is 8.01. The Kier molecular flexibility index (Phi) is 31.8. The van der Waals surface area contributed by atoms with Gasteiger partial charge >= 0.3 is 23.9 Å². The highest BCUT2D eigenvalue weighted by atomic mass is 32.2. The number of carboxylic acids is 2. The van der Waals surface area contributed by atoms with Gasteiger partial charge in [0.2, 0.25) is 23.7 Å². The van der Waals surface area contributed by atoms with Crippen molar-refractivity contribution in [2.24, 2.45) is 11.8 Å². The summed E-state index contributed by atoms with van der Waals surface area (Å²) in [6.45, 7) is 3.41. The molecule has 1 saturated carbocycles. The number of aromatic amines is 4. The van der Waals surface area contributed by atoms with Gasteiger partial charge in [0.1, 0.15) is 48.2 Å². The van der Waals surface area contributed by atoms with Crippen LogP contribution >= 0.6 is 23.5 Å². The first-order valence-corrected chi connectivity index (χ1v) is 35.5. The van der Waals surface area contributed by atoms with E-state index in [4.69, 9.17) is 35.2 Å². The predicted molar refractivity (Wildman–Crippen MR) is 375 cm³/mol. The number of hydrogen-bond acceptors (Lipinski definition) is 23. The Labute approximate surface area is 589 Å². The van der Waals surface area contributed by atoms with Gasteiger partial charge in [0.25, 0.3) is 22.9 Å². The molecule has 4 amide bonds. The summed E-state index contributed by atoms with van der Waals surface area (Å²) in [5, 5.41) is 30.2. The Bertz CT molecular complexity index is 3930. The van der Waals surface area contributed by atoms with Gasteiger partial charge in [-0.3, -0.25) is 57.9 Å². The van der Waals surface area contributed by atoms with E-state index in [1.807, 2.05) is 6.92 Å². The molecule has 546 valence electrons. The van der Waals surface area contributed by atoms with Crippen molar-refractivity contribution in [1.29, 1.82) is 0 Å². The molecule has 1 fully saturated rings. The summed E-state index contributed by atoms with van der Waals surface area (Å²) in [6, 6.07) is 10.7. The molecule has 4 unspecified atom stereocenters. The maximum atomic E-state index is 13.7. The number of esters is 2. The number of rotatable bonds is 47. The highest BCUT2D eigenvalue weighted by Gasteiger charge is 2.35. The second-order valence-electron chi connectivity index (χ2n) is 24.1. The summed E-state index contributed by atoms with van der Waals surface area (Å²) in [5.74, 6) is -5.49. The van der Waals surface area contributed by atoms with Crippen LogP contribution in [-0.2, 0) is 87.7 Å². The largest absolute Gasteiger partial charge is 0.481 e. The molecular weight excluding hydrogens is 1350 g/mol. The summed E-state index contributed by atoms with van der Waals surface area (Å²) >= 11 is 3.14. The van der Waals surface area contributed by atoms with Crippen LogP contribution in [0.1, 0.15) is 121 Å². The Balaban J connectivity index is 0.778. The maximum Gasteiger partial charge on any atom is 0.328 e. The summed E-state index contributed by atoms with van der Waals surface area (Å²) in [6.07, 6.45) is 6.69. The Morgan fingerprint density at radius 3 is 1.53 bits per heavy atom. The topological polar surface area (TPSA) is 481 Å². The average molecular weight is 1440 g/mol. The van der Waals surface area contributed by atoms with Gasteiger partial charge in [-0.25, -0.2) is 9.59 Å². The van der Waals surface area contributed by atoms with Crippen LogP contribution in [0.4, 0.5) is 11.9 Å². The van der Waals surface area contributed by atoms with Gasteiger partial charge in [0.05, 0.1) is 61.6 Å². The molecule has 0 spiro atoms. The van der Waals surface area contributed by atoms with Gasteiger partial charge in [0.15, 0.2) is 0 Å². The quantitative estimate of drug-likeness (QED) is 0.0192. The van der Waals surface area contributed by atoms with Crippen molar-refractivity contribution in [3.63, 3.8) is 0 Å². The molecule has 2 aromatic carbocycles. The number of amides is 4. The molecule has 1 aliphatic carbocycles. The average Bonchev–Trinajstić information content (AvgIpc) is 1.68. The van der Waals surface area contributed by atoms with E-state index in [0.29, 0.717) is 65.7 Å². The molecule has 6 atom stereocenters. The molecular formula is C68H88N12O19S2. The van der Waals surface area contributed by atoms with E-state index in [0.717, 1.165) is 35.1 Å². The van der Waals surface area contributed by atoms with Gasteiger partial charge in [-0.05, 0) is 123 Å². The number of carbonyl (C=O) groups excluding carboxylic acids is 8. The fourth-order valence-corrected chi connectivity index (χ4v) is 13.9. The number of hydrogen-bond donors (Lipinski definition) is 12. The summed E-state index contributed by atoms with van der Waals surface area (Å²) < 4.78 is 27.4. The van der Waals surface area contributed by atoms with Gasteiger partial charge in [-0.15, -0.1) is 11.8 Å². The third-order valence-electron chi connectivity index (χ3n) is 16.6. The zero-order valence-corrected chi connectivity index (χ0v) is 58.0. The SMILES string of the molecule is CCC(SCC1CCC1SCC(CC(=O)CCOCCC(C)=O)C(=O)NCCOCCOC(=O)[C@@H](CCC(=O)O)NC(=O)c1ccc(CCc2c[nH]c3nc(N)[nH]c(=O)c23)cc1)C(=O)NCCOCCOC(=O)[C@@H](CCC(=O)O)NC(=O)c1ccc(CCc2c[nH]c3nc(N)[nH]c(=O)c23)cc1. The number of nitrogen functional groups attached to an aromatic ring is 2. The summed E-state index contributed by atoms with van der Waals surface area (Å²) in [5.41, 5.74) is 15.0. The van der Waals surface area contributed by atoms with Crippen molar-refractivity contribution in [2.75, 3.05) is 88.9 Å². The Morgan fingerprint density at radius 2 is 1.08 bits per heavy atom. The van der Waals surface area contributed by atoms with Crippen LogP contribution in [0.2, 0.25) is 0 Å². The van der Waals surface area contributed by atoms with Crippen LogP contribution in [0.15, 0.2) is 70.5 Å². The van der Waals surface area contributed by atoms with Crippen LogP contribution in [0.5, 0.6) is 0 Å². The van der Waals surface area contributed by atoms with Crippen molar-refractivity contribution >= 4 is 117 Å². The smallest absolute Gasteiger partial charge is 0.328 e. The first-order valence-electron chi connectivity index (χ1n) is 33.4. The lowest BCUT2D eigenvalue weighted by Gasteiger charge is -2.37. The number of nitrogens with two attached hydrogens (primary N) is 2. The minimum Gasteiger partial charge on any atom is -0.481 e. The second kappa shape index (κ2) is 40.7. The van der Waals surface area contributed by atoms with E-state index in [-0.39, 0.29) is 172 Å². The van der Waals surface area contributed by atoms with Crippen molar-refractivity contribution in [1.82, 2.24) is 51.2 Å². The molecule has 4 aromatic heterocycles. The number of aryl methyl sites for hydroxylation is 4. The van der Waals surface area contributed by atoms with Crippen molar-refractivity contribution in [3.05, 3.63) is 115 Å². The van der Waals surface area contributed by atoms with Crippen LogP contribution in [-0.4, -0.2) is 199 Å². The number of H-pyrrole nitrogens is 4. The van der Waals surface area contributed by atoms with Crippen LogP contribution in [0.3, 0.4) is 0 Å². The van der Waals surface area contributed by atoms with Gasteiger partial charge < -0.3 is 76.6 Å². The number of ketones is 2. The highest BCUT2D eigenvalue weighted by Crippen LogP contribution is 2.41. The molecule has 0 radical (unpaired) electrons. The lowest BCUT2D eigenvalue weighted by Crippen LogP contribution is -2.42. The number of benzene rings is 2. The van der Waals surface area contributed by atoms with Crippen LogP contribution < -0.4 is 43.9 Å². The maximum absolute atomic E-state index is 13.7. The monoisotopic (exact) mass is 1440 g/mol. The molecule has 101 heavy (non-hydrogen) atoms. The fraction of sp³-hybridized carbons (Fsp3) is 0.500. The third-order valence-corrected chi connectivity index (χ3v) is 19.8. The van der Waals surface area contributed by atoms with Gasteiger partial charge in [-0.1, -0.05) is 31.2 Å². The third kappa shape index (κ3) is 25.9. The van der Waals surface area contributed by atoms with E-state index in [1.165, 1.54) is 18.7 Å². The summed E-state index contributed by atoms with van der Waals surface area (Å²) in [4.78, 5) is 171. The van der Waals surface area contributed by atoms with E-state index in [2.05, 4.69) is 51.2 Å². The van der Waals surface area contributed by atoms with E-state index in [1.54, 1.807) is 72.7 Å².